The third kappa shape index (κ3) is 13.2. The lowest BCUT2D eigenvalue weighted by atomic mass is 10.0. The highest BCUT2D eigenvalue weighted by Gasteiger charge is 2.24. The van der Waals surface area contributed by atoms with Crippen LogP contribution in [-0.4, -0.2) is 46.0 Å². The monoisotopic (exact) mass is 848 g/mol. The Morgan fingerprint density at radius 3 is 1.30 bits per heavy atom. The van der Waals surface area contributed by atoms with Crippen molar-refractivity contribution in [1.29, 1.82) is 0 Å². The number of aromatic hydroxyl groups is 1. The summed E-state index contributed by atoms with van der Waals surface area (Å²) in [5.41, 5.74) is 5.47. The number of hydrogen-bond acceptors (Lipinski definition) is 9. The van der Waals surface area contributed by atoms with E-state index in [1.165, 1.54) is 25.1 Å². The number of nitrogens with one attached hydrogen (secondary N) is 2. The number of amides is 2. The Morgan fingerprint density at radius 1 is 0.476 bits per heavy atom. The van der Waals surface area contributed by atoms with Crippen LogP contribution in [0.15, 0.2) is 133 Å². The minimum atomic E-state index is -0.689. The van der Waals surface area contributed by atoms with E-state index in [0.717, 1.165) is 22.3 Å². The van der Waals surface area contributed by atoms with E-state index in [1.54, 1.807) is 97.9 Å². The Kier molecular flexibility index (Phi) is 14.7. The smallest absolute Gasteiger partial charge is 0.340 e. The summed E-state index contributed by atoms with van der Waals surface area (Å²) in [5, 5.41) is 15.4. The third-order valence-electron chi connectivity index (χ3n) is 9.17. The normalized spacial score (nSPS) is 11.0. The van der Waals surface area contributed by atoms with Crippen molar-refractivity contribution in [3.63, 3.8) is 0 Å². The Balaban J connectivity index is 0.000000239. The first-order valence-corrected chi connectivity index (χ1v) is 20.2. The summed E-state index contributed by atoms with van der Waals surface area (Å²) >= 11 is 0. The summed E-state index contributed by atoms with van der Waals surface area (Å²) in [6, 6.07) is 39.2. The Morgan fingerprint density at radius 2 is 0.889 bits per heavy atom. The van der Waals surface area contributed by atoms with Gasteiger partial charge >= 0.3 is 17.9 Å². The van der Waals surface area contributed by atoms with Crippen LogP contribution in [0.3, 0.4) is 0 Å². The van der Waals surface area contributed by atoms with Crippen LogP contribution in [0.25, 0.3) is 22.3 Å². The molecule has 3 N–H and O–H groups in total. The van der Waals surface area contributed by atoms with Crippen LogP contribution in [0, 0.1) is 13.8 Å². The Hall–Kier alpha value is -7.53. The number of ether oxygens (including phenoxy) is 3. The summed E-state index contributed by atoms with van der Waals surface area (Å²) in [7, 11) is 0. The van der Waals surface area contributed by atoms with Gasteiger partial charge in [0.1, 0.15) is 22.7 Å². The SMILES string of the molecule is CC(=O)Oc1ccc(C)c(C(=O)Nc2cc(-c3ccccc3)ccc2C(=O)OC(C)(C)C)c1.Cc1ccc(O)cc1C(=O)Nc1cc(-c2ccccc2)ccc1C(=O)OC(C)(C)C. The highest BCUT2D eigenvalue weighted by Crippen LogP contribution is 2.31. The molecule has 0 aromatic heterocycles. The van der Waals surface area contributed by atoms with E-state index >= 15 is 0 Å². The second-order valence-electron chi connectivity index (χ2n) is 16.7. The van der Waals surface area contributed by atoms with Crippen molar-refractivity contribution in [1.82, 2.24) is 0 Å². The molecule has 2 amide bonds. The van der Waals surface area contributed by atoms with Gasteiger partial charge in [0.25, 0.3) is 11.8 Å². The molecule has 0 aliphatic carbocycles. The van der Waals surface area contributed by atoms with Gasteiger partial charge in [0.2, 0.25) is 0 Å². The van der Waals surface area contributed by atoms with Crippen LogP contribution in [0.2, 0.25) is 0 Å². The molecule has 6 aromatic carbocycles. The van der Waals surface area contributed by atoms with E-state index in [9.17, 15) is 29.1 Å². The number of hydrogen-bond donors (Lipinski definition) is 3. The van der Waals surface area contributed by atoms with E-state index in [2.05, 4.69) is 10.6 Å². The molecule has 0 heterocycles. The predicted molar refractivity (Wildman–Crippen MR) is 245 cm³/mol. The molecular weight excluding hydrogens is 797 g/mol. The lowest BCUT2D eigenvalue weighted by Crippen LogP contribution is -2.25. The molecule has 0 radical (unpaired) electrons. The average Bonchev–Trinajstić information content (AvgIpc) is 3.21. The van der Waals surface area contributed by atoms with Gasteiger partial charge in [-0.1, -0.05) is 84.9 Å². The van der Waals surface area contributed by atoms with Gasteiger partial charge in [-0.05, 0) is 137 Å². The molecule has 0 fully saturated rings. The number of benzene rings is 6. The third-order valence-corrected chi connectivity index (χ3v) is 9.17. The number of rotatable bonds is 9. The van der Waals surface area contributed by atoms with E-state index in [4.69, 9.17) is 14.2 Å². The molecule has 0 atom stereocenters. The maximum atomic E-state index is 13.2. The Labute approximate surface area is 368 Å². The number of phenolic OH excluding ortho intramolecular Hbond substituents is 1. The zero-order chi connectivity index (χ0) is 46.1. The second kappa shape index (κ2) is 19.9. The fourth-order valence-corrected chi connectivity index (χ4v) is 6.25. The van der Waals surface area contributed by atoms with Gasteiger partial charge in [-0.25, -0.2) is 9.59 Å². The second-order valence-corrected chi connectivity index (χ2v) is 16.7. The molecule has 0 unspecified atom stereocenters. The summed E-state index contributed by atoms with van der Waals surface area (Å²) in [6.45, 7) is 15.6. The van der Waals surface area contributed by atoms with E-state index < -0.39 is 40.9 Å². The summed E-state index contributed by atoms with van der Waals surface area (Å²) < 4.78 is 16.2. The van der Waals surface area contributed by atoms with Crippen molar-refractivity contribution in [2.45, 2.75) is 73.5 Å². The van der Waals surface area contributed by atoms with Gasteiger partial charge in [-0.15, -0.1) is 0 Å². The minimum absolute atomic E-state index is 0.00356. The number of carbonyl (C=O) groups is 5. The number of carbonyl (C=O) groups excluding carboxylic acids is 5. The summed E-state index contributed by atoms with van der Waals surface area (Å²) in [6.07, 6.45) is 0. The molecule has 11 nitrogen and oxygen atoms in total. The molecular formula is C52H52N2O9. The van der Waals surface area contributed by atoms with Crippen LogP contribution in [0.4, 0.5) is 11.4 Å². The van der Waals surface area contributed by atoms with Crippen LogP contribution in [-0.2, 0) is 14.3 Å². The first kappa shape index (κ1) is 46.5. The number of anilines is 2. The molecule has 63 heavy (non-hydrogen) atoms. The summed E-state index contributed by atoms with van der Waals surface area (Å²) in [4.78, 5) is 63.0. The molecule has 0 bridgehead atoms. The highest BCUT2D eigenvalue weighted by molar-refractivity contribution is 6.10. The standard InChI is InChI=1S/C27H27NO5.C25H25NO4/c1-17-11-13-21(32-18(2)29)16-23(17)25(30)28-24-15-20(19-9-7-6-8-10-19)12-14-22(24)26(31)33-27(3,4)5;1-16-10-12-19(27)15-21(16)23(28)26-22-14-18(17-8-6-5-7-9-17)11-13-20(22)24(29)30-25(2,3)4/h6-16H,1-5H3,(H,28,30);5-15,27H,1-4H3,(H,26,28). The molecule has 6 aromatic rings. The number of aryl methyl sites for hydroxylation is 2. The minimum Gasteiger partial charge on any atom is -0.508 e. The van der Waals surface area contributed by atoms with Gasteiger partial charge in [0, 0.05) is 18.1 Å². The van der Waals surface area contributed by atoms with Crippen LogP contribution >= 0.6 is 0 Å². The van der Waals surface area contributed by atoms with Gasteiger partial charge in [0.15, 0.2) is 0 Å². The van der Waals surface area contributed by atoms with Crippen LogP contribution < -0.4 is 15.4 Å². The molecule has 0 aliphatic rings. The molecule has 0 aliphatic heterocycles. The zero-order valence-electron chi connectivity index (χ0n) is 36.9. The van der Waals surface area contributed by atoms with Gasteiger partial charge in [-0.3, -0.25) is 14.4 Å². The largest absolute Gasteiger partial charge is 0.508 e. The number of phenols is 1. The average molecular weight is 849 g/mol. The maximum absolute atomic E-state index is 13.2. The first-order chi connectivity index (χ1) is 29.7. The topological polar surface area (TPSA) is 157 Å². The fourth-order valence-electron chi connectivity index (χ4n) is 6.25. The van der Waals surface area contributed by atoms with Crippen molar-refractivity contribution in [2.75, 3.05) is 10.6 Å². The lowest BCUT2D eigenvalue weighted by Gasteiger charge is -2.21. The van der Waals surface area contributed by atoms with Gasteiger partial charge in [0.05, 0.1) is 22.5 Å². The molecule has 11 heteroatoms. The first-order valence-electron chi connectivity index (χ1n) is 20.2. The Bertz CT molecular complexity index is 2640. The molecule has 0 saturated heterocycles. The highest BCUT2D eigenvalue weighted by atomic mass is 16.6. The van der Waals surface area contributed by atoms with Crippen molar-refractivity contribution < 1.29 is 43.3 Å². The van der Waals surface area contributed by atoms with Gasteiger partial charge in [-0.2, -0.15) is 0 Å². The number of esters is 3. The molecule has 6 rings (SSSR count). The summed E-state index contributed by atoms with van der Waals surface area (Å²) in [5.74, 6) is -2.13. The van der Waals surface area contributed by atoms with Crippen molar-refractivity contribution >= 4 is 41.1 Å². The maximum Gasteiger partial charge on any atom is 0.340 e. The van der Waals surface area contributed by atoms with Gasteiger partial charge < -0.3 is 30.0 Å². The predicted octanol–water partition coefficient (Wildman–Crippen LogP) is 11.4. The van der Waals surface area contributed by atoms with E-state index in [0.29, 0.717) is 33.6 Å². The quantitative estimate of drug-likeness (QED) is 0.0951. The molecule has 0 spiro atoms. The molecule has 0 saturated carbocycles. The van der Waals surface area contributed by atoms with Crippen molar-refractivity contribution in [3.8, 4) is 33.8 Å². The zero-order valence-corrected chi connectivity index (χ0v) is 36.9. The van der Waals surface area contributed by atoms with E-state index in [-0.39, 0.29) is 22.6 Å². The lowest BCUT2D eigenvalue weighted by molar-refractivity contribution is -0.131. The van der Waals surface area contributed by atoms with Crippen LogP contribution in [0.5, 0.6) is 11.5 Å². The van der Waals surface area contributed by atoms with E-state index in [1.807, 2.05) is 72.8 Å². The molecule has 324 valence electrons. The van der Waals surface area contributed by atoms with Crippen molar-refractivity contribution in [2.24, 2.45) is 0 Å². The van der Waals surface area contributed by atoms with Crippen molar-refractivity contribution in [3.05, 3.63) is 167 Å². The van der Waals surface area contributed by atoms with Crippen LogP contribution in [0.1, 0.15) is 101 Å². The fraction of sp³-hybridized carbons (Fsp3) is 0.212.